The minimum Gasteiger partial charge on any atom is -0.369 e. The van der Waals surface area contributed by atoms with Gasteiger partial charge in [0, 0.05) is 36.4 Å². The molecule has 0 radical (unpaired) electrons. The number of fused-ring (bicyclic) bond motifs is 1. The molecule has 6 heteroatoms. The Kier molecular flexibility index (Phi) is 4.08. The summed E-state index contributed by atoms with van der Waals surface area (Å²) in [7, 11) is 0. The van der Waals surface area contributed by atoms with E-state index in [9.17, 15) is 9.59 Å². The zero-order chi connectivity index (χ0) is 18.1. The maximum Gasteiger partial charge on any atom is 0.254 e. The van der Waals surface area contributed by atoms with E-state index in [1.165, 1.54) is 0 Å². The highest BCUT2D eigenvalue weighted by atomic mass is 16.2. The van der Waals surface area contributed by atoms with Crippen LogP contribution in [0.5, 0.6) is 0 Å². The summed E-state index contributed by atoms with van der Waals surface area (Å²) in [6.07, 6.45) is 4.01. The first-order valence-electron chi connectivity index (χ1n) is 8.52. The number of pyridine rings is 2. The van der Waals surface area contributed by atoms with Gasteiger partial charge < -0.3 is 10.6 Å². The normalized spacial score (nSPS) is 16.8. The van der Waals surface area contributed by atoms with Gasteiger partial charge in [-0.25, -0.2) is 4.98 Å². The number of para-hydroxylation sites is 1. The summed E-state index contributed by atoms with van der Waals surface area (Å²) in [5, 5.41) is 0.804. The summed E-state index contributed by atoms with van der Waals surface area (Å²) in [4.78, 5) is 35.0. The molecule has 1 aliphatic heterocycles. The predicted octanol–water partition coefficient (Wildman–Crippen LogP) is 2.24. The van der Waals surface area contributed by atoms with Gasteiger partial charge in [-0.3, -0.25) is 14.6 Å². The van der Waals surface area contributed by atoms with E-state index in [0.717, 1.165) is 22.2 Å². The van der Waals surface area contributed by atoms with E-state index in [0.29, 0.717) is 25.1 Å². The highest BCUT2D eigenvalue weighted by Crippen LogP contribution is 2.27. The molecule has 1 fully saturated rings. The molecule has 1 atom stereocenters. The second-order valence-corrected chi connectivity index (χ2v) is 6.45. The zero-order valence-corrected chi connectivity index (χ0v) is 14.1. The summed E-state index contributed by atoms with van der Waals surface area (Å²) in [5.74, 6) is -0.716. The van der Waals surface area contributed by atoms with Crippen LogP contribution in [0.4, 0.5) is 0 Å². The molecule has 4 rings (SSSR count). The number of benzene rings is 1. The maximum absolute atomic E-state index is 13.1. The molecule has 0 spiro atoms. The van der Waals surface area contributed by atoms with Gasteiger partial charge in [0.2, 0.25) is 5.91 Å². The third-order valence-corrected chi connectivity index (χ3v) is 4.80. The van der Waals surface area contributed by atoms with Gasteiger partial charge in [-0.2, -0.15) is 0 Å². The van der Waals surface area contributed by atoms with E-state index in [-0.39, 0.29) is 17.7 Å². The average molecular weight is 346 g/mol. The Morgan fingerprint density at radius 2 is 1.88 bits per heavy atom. The molecule has 3 aromatic rings. The number of nitrogens with zero attached hydrogens (tertiary/aromatic N) is 3. The summed E-state index contributed by atoms with van der Waals surface area (Å²) in [6, 6.07) is 13.1. The van der Waals surface area contributed by atoms with Crippen LogP contribution in [0, 0.1) is 5.92 Å². The van der Waals surface area contributed by atoms with Gasteiger partial charge in [0.1, 0.15) is 0 Å². The Hall–Kier alpha value is -3.28. The Labute approximate surface area is 150 Å². The van der Waals surface area contributed by atoms with Crippen LogP contribution in [0.3, 0.4) is 0 Å². The van der Waals surface area contributed by atoms with Crippen LogP contribution in [0.25, 0.3) is 22.2 Å². The van der Waals surface area contributed by atoms with Crippen molar-refractivity contribution >= 4 is 22.7 Å². The molecule has 0 unspecified atom stereocenters. The molecule has 26 heavy (non-hydrogen) atoms. The lowest BCUT2D eigenvalue weighted by Gasteiger charge is -2.18. The lowest BCUT2D eigenvalue weighted by Crippen LogP contribution is -2.32. The number of hydrogen-bond acceptors (Lipinski definition) is 4. The molecule has 3 heterocycles. The fourth-order valence-corrected chi connectivity index (χ4v) is 3.37. The fourth-order valence-electron chi connectivity index (χ4n) is 3.37. The number of nitrogens with two attached hydrogens (primary N) is 1. The average Bonchev–Trinajstić information content (AvgIpc) is 3.18. The van der Waals surface area contributed by atoms with Crippen molar-refractivity contribution in [2.75, 3.05) is 13.1 Å². The number of amides is 2. The van der Waals surface area contributed by atoms with Crippen molar-refractivity contribution in [1.82, 2.24) is 14.9 Å². The third-order valence-electron chi connectivity index (χ3n) is 4.80. The summed E-state index contributed by atoms with van der Waals surface area (Å²) in [6.45, 7) is 0.906. The molecular weight excluding hydrogens is 328 g/mol. The molecule has 130 valence electrons. The van der Waals surface area contributed by atoms with E-state index >= 15 is 0 Å². The molecule has 6 nitrogen and oxygen atoms in total. The van der Waals surface area contributed by atoms with Crippen molar-refractivity contribution < 1.29 is 9.59 Å². The molecule has 0 saturated carbocycles. The van der Waals surface area contributed by atoms with Crippen LogP contribution in [0.1, 0.15) is 16.8 Å². The molecule has 0 bridgehead atoms. The van der Waals surface area contributed by atoms with E-state index in [1.807, 2.05) is 42.5 Å². The first-order valence-corrected chi connectivity index (χ1v) is 8.52. The Morgan fingerprint density at radius 3 is 2.62 bits per heavy atom. The van der Waals surface area contributed by atoms with E-state index in [4.69, 9.17) is 5.73 Å². The van der Waals surface area contributed by atoms with Crippen molar-refractivity contribution in [3.63, 3.8) is 0 Å². The highest BCUT2D eigenvalue weighted by molar-refractivity contribution is 6.07. The van der Waals surface area contributed by atoms with Gasteiger partial charge in [-0.15, -0.1) is 0 Å². The third kappa shape index (κ3) is 2.90. The number of primary amides is 1. The van der Waals surface area contributed by atoms with Crippen LogP contribution in [-0.4, -0.2) is 39.8 Å². The minimum absolute atomic E-state index is 0.0948. The first-order chi connectivity index (χ1) is 12.6. The Morgan fingerprint density at radius 1 is 1.12 bits per heavy atom. The summed E-state index contributed by atoms with van der Waals surface area (Å²) < 4.78 is 0. The molecule has 2 aromatic heterocycles. The van der Waals surface area contributed by atoms with Crippen molar-refractivity contribution in [2.24, 2.45) is 11.7 Å². The lowest BCUT2D eigenvalue weighted by atomic mass is 10.0. The second-order valence-electron chi connectivity index (χ2n) is 6.45. The summed E-state index contributed by atoms with van der Waals surface area (Å²) >= 11 is 0. The number of likely N-dealkylation sites (tertiary alicyclic amines) is 1. The largest absolute Gasteiger partial charge is 0.369 e. The maximum atomic E-state index is 13.1. The van der Waals surface area contributed by atoms with Crippen LogP contribution in [0.15, 0.2) is 54.9 Å². The van der Waals surface area contributed by atoms with Crippen molar-refractivity contribution in [3.8, 4) is 11.3 Å². The quantitative estimate of drug-likeness (QED) is 0.788. The van der Waals surface area contributed by atoms with Crippen molar-refractivity contribution in [3.05, 3.63) is 60.4 Å². The molecule has 2 amide bonds. The molecular formula is C20H18N4O2. The first kappa shape index (κ1) is 16.2. The molecule has 1 aliphatic rings. The number of rotatable bonds is 3. The molecule has 0 aliphatic carbocycles. The minimum atomic E-state index is -0.350. The number of carbonyl (C=O) groups is 2. The number of hydrogen-bond donors (Lipinski definition) is 1. The van der Waals surface area contributed by atoms with Gasteiger partial charge in [0.25, 0.3) is 5.91 Å². The molecule has 1 aromatic carbocycles. The SMILES string of the molecule is NC(=O)[C@H]1CCN(C(=O)c2cc(-c3ccncc3)nc3ccccc23)C1. The summed E-state index contributed by atoms with van der Waals surface area (Å²) in [5.41, 5.74) is 8.37. The molecule has 1 saturated heterocycles. The van der Waals surface area contributed by atoms with Crippen molar-refractivity contribution in [1.29, 1.82) is 0 Å². The topological polar surface area (TPSA) is 89.2 Å². The lowest BCUT2D eigenvalue weighted by molar-refractivity contribution is -0.121. The van der Waals surface area contributed by atoms with Gasteiger partial charge in [0.15, 0.2) is 0 Å². The van der Waals surface area contributed by atoms with Gasteiger partial charge in [0.05, 0.1) is 22.7 Å². The van der Waals surface area contributed by atoms with E-state index in [2.05, 4.69) is 9.97 Å². The Balaban J connectivity index is 1.78. The van der Waals surface area contributed by atoms with Gasteiger partial charge >= 0.3 is 0 Å². The van der Waals surface area contributed by atoms with E-state index in [1.54, 1.807) is 17.3 Å². The van der Waals surface area contributed by atoms with Crippen LogP contribution in [0.2, 0.25) is 0 Å². The van der Waals surface area contributed by atoms with Crippen molar-refractivity contribution in [2.45, 2.75) is 6.42 Å². The Bertz CT molecular complexity index is 988. The highest BCUT2D eigenvalue weighted by Gasteiger charge is 2.31. The number of carbonyl (C=O) groups excluding carboxylic acids is 2. The van der Waals surface area contributed by atoms with Crippen LogP contribution < -0.4 is 5.73 Å². The van der Waals surface area contributed by atoms with Crippen LogP contribution in [-0.2, 0) is 4.79 Å². The predicted molar refractivity (Wildman–Crippen MR) is 98.2 cm³/mol. The zero-order valence-electron chi connectivity index (χ0n) is 14.1. The molecule has 2 N–H and O–H groups in total. The second kappa shape index (κ2) is 6.55. The van der Waals surface area contributed by atoms with Crippen LogP contribution >= 0.6 is 0 Å². The monoisotopic (exact) mass is 346 g/mol. The van der Waals surface area contributed by atoms with Gasteiger partial charge in [-0.05, 0) is 30.7 Å². The fraction of sp³-hybridized carbons (Fsp3) is 0.200. The van der Waals surface area contributed by atoms with Gasteiger partial charge in [-0.1, -0.05) is 18.2 Å². The number of aromatic nitrogens is 2. The smallest absolute Gasteiger partial charge is 0.254 e. The van der Waals surface area contributed by atoms with E-state index < -0.39 is 0 Å². The standard InChI is InChI=1S/C20H18N4O2/c21-19(25)14-7-10-24(12-14)20(26)16-11-18(13-5-8-22-9-6-13)23-17-4-2-1-3-15(16)17/h1-6,8-9,11,14H,7,10,12H2,(H2,21,25)/t14-/m0/s1.